The molecule has 2 heterocycles. The van der Waals surface area contributed by atoms with Gasteiger partial charge >= 0.3 is 0 Å². The van der Waals surface area contributed by atoms with Crippen LogP contribution in [0, 0.1) is 0 Å². The van der Waals surface area contributed by atoms with E-state index in [9.17, 15) is 0 Å². The summed E-state index contributed by atoms with van der Waals surface area (Å²) in [5.41, 5.74) is 6.80. The Bertz CT molecular complexity index is 807. The molecule has 1 saturated heterocycles. The summed E-state index contributed by atoms with van der Waals surface area (Å²) in [6, 6.07) is 4.01. The Labute approximate surface area is 165 Å². The molecule has 0 unspecified atom stereocenters. The fraction of sp³-hybridized carbons (Fsp3) is 0.500. The Kier molecular flexibility index (Phi) is 6.41. The van der Waals surface area contributed by atoms with Gasteiger partial charge in [-0.2, -0.15) is 4.98 Å². The minimum Gasteiger partial charge on any atom is -0.493 e. The molecule has 0 bridgehead atoms. The Balaban J connectivity index is 1.94. The van der Waals surface area contributed by atoms with Crippen molar-refractivity contribution >= 4 is 11.8 Å². The van der Waals surface area contributed by atoms with Gasteiger partial charge in [0.25, 0.3) is 0 Å². The third-order valence-electron chi connectivity index (χ3n) is 4.69. The van der Waals surface area contributed by atoms with Gasteiger partial charge in [0.2, 0.25) is 5.95 Å². The fourth-order valence-electron chi connectivity index (χ4n) is 3.13. The molecule has 8 heteroatoms. The summed E-state index contributed by atoms with van der Waals surface area (Å²) in [5.74, 6) is 3.41. The molecule has 1 fully saturated rings. The number of benzene rings is 1. The van der Waals surface area contributed by atoms with E-state index in [1.807, 2.05) is 12.1 Å². The molecule has 1 aliphatic rings. The largest absolute Gasteiger partial charge is 0.493 e. The SMILES string of the molecule is COc1cc(Oc2cnc(N)nc2NC2CCOCC2)c(C(C)C)cc1OC. The predicted octanol–water partition coefficient (Wildman–Crippen LogP) is 3.58. The molecule has 3 N–H and O–H groups in total. The Morgan fingerprint density at radius 2 is 1.75 bits per heavy atom. The Morgan fingerprint density at radius 3 is 2.39 bits per heavy atom. The van der Waals surface area contributed by atoms with E-state index < -0.39 is 0 Å². The van der Waals surface area contributed by atoms with Gasteiger partial charge in [-0.15, -0.1) is 0 Å². The molecule has 1 aromatic heterocycles. The lowest BCUT2D eigenvalue weighted by Gasteiger charge is -2.25. The maximum atomic E-state index is 6.23. The predicted molar refractivity (Wildman–Crippen MR) is 108 cm³/mol. The van der Waals surface area contributed by atoms with E-state index in [1.54, 1.807) is 20.4 Å². The summed E-state index contributed by atoms with van der Waals surface area (Å²) in [7, 11) is 3.22. The van der Waals surface area contributed by atoms with Crippen molar-refractivity contribution in [2.45, 2.75) is 38.6 Å². The quantitative estimate of drug-likeness (QED) is 0.742. The standard InChI is InChI=1S/C20H28N4O4/c1-12(2)14-9-16(25-3)17(26-4)10-15(14)28-18-11-22-20(21)24-19(18)23-13-5-7-27-8-6-13/h9-13H,5-8H2,1-4H3,(H3,21,22,23,24). The maximum Gasteiger partial charge on any atom is 0.222 e. The number of hydrogen-bond donors (Lipinski definition) is 2. The summed E-state index contributed by atoms with van der Waals surface area (Å²) in [5, 5.41) is 3.42. The van der Waals surface area contributed by atoms with Gasteiger partial charge in [0, 0.05) is 30.9 Å². The van der Waals surface area contributed by atoms with E-state index in [4.69, 9.17) is 24.7 Å². The molecular weight excluding hydrogens is 360 g/mol. The van der Waals surface area contributed by atoms with Crippen LogP contribution in [0.25, 0.3) is 0 Å². The molecule has 28 heavy (non-hydrogen) atoms. The first-order valence-electron chi connectivity index (χ1n) is 9.42. The molecule has 1 aromatic carbocycles. The van der Waals surface area contributed by atoms with Crippen molar-refractivity contribution in [3.8, 4) is 23.0 Å². The van der Waals surface area contributed by atoms with Gasteiger partial charge in [0.15, 0.2) is 23.1 Å². The van der Waals surface area contributed by atoms with Gasteiger partial charge in [0.05, 0.1) is 20.4 Å². The third-order valence-corrected chi connectivity index (χ3v) is 4.69. The van der Waals surface area contributed by atoms with Gasteiger partial charge in [0.1, 0.15) is 5.75 Å². The average Bonchev–Trinajstić information content (AvgIpc) is 2.70. The monoisotopic (exact) mass is 388 g/mol. The number of methoxy groups -OCH3 is 2. The molecule has 0 atom stereocenters. The van der Waals surface area contributed by atoms with Crippen molar-refractivity contribution in [3.05, 3.63) is 23.9 Å². The molecule has 0 aliphatic carbocycles. The van der Waals surface area contributed by atoms with Gasteiger partial charge in [-0.25, -0.2) is 4.98 Å². The van der Waals surface area contributed by atoms with Gasteiger partial charge in [-0.05, 0) is 24.8 Å². The second-order valence-corrected chi connectivity index (χ2v) is 6.97. The van der Waals surface area contributed by atoms with E-state index in [1.165, 1.54) is 0 Å². The van der Waals surface area contributed by atoms with Crippen LogP contribution in [-0.2, 0) is 4.74 Å². The van der Waals surface area contributed by atoms with Gasteiger partial charge < -0.3 is 30.0 Å². The van der Waals surface area contributed by atoms with Crippen molar-refractivity contribution in [2.75, 3.05) is 38.5 Å². The normalized spacial score (nSPS) is 14.8. The number of aromatic nitrogens is 2. The van der Waals surface area contributed by atoms with Crippen molar-refractivity contribution in [1.29, 1.82) is 0 Å². The van der Waals surface area contributed by atoms with Gasteiger partial charge in [-0.3, -0.25) is 0 Å². The number of nitrogen functional groups attached to an aromatic ring is 1. The van der Waals surface area contributed by atoms with E-state index >= 15 is 0 Å². The summed E-state index contributed by atoms with van der Waals surface area (Å²) in [6.45, 7) is 5.63. The van der Waals surface area contributed by atoms with E-state index in [-0.39, 0.29) is 17.9 Å². The number of nitrogens with one attached hydrogen (secondary N) is 1. The Morgan fingerprint density at radius 1 is 1.07 bits per heavy atom. The van der Waals surface area contributed by atoms with Crippen LogP contribution in [0.5, 0.6) is 23.0 Å². The average molecular weight is 388 g/mol. The second-order valence-electron chi connectivity index (χ2n) is 6.97. The van der Waals surface area contributed by atoms with Crippen LogP contribution in [-0.4, -0.2) is 43.4 Å². The molecule has 0 spiro atoms. The van der Waals surface area contributed by atoms with Crippen molar-refractivity contribution < 1.29 is 18.9 Å². The van der Waals surface area contributed by atoms with Crippen LogP contribution in [0.4, 0.5) is 11.8 Å². The number of nitrogens with two attached hydrogens (primary N) is 1. The third kappa shape index (κ3) is 4.56. The summed E-state index contributed by atoms with van der Waals surface area (Å²) in [4.78, 5) is 8.45. The lowest BCUT2D eigenvalue weighted by Crippen LogP contribution is -2.28. The number of anilines is 2. The van der Waals surface area contributed by atoms with Crippen LogP contribution < -0.4 is 25.3 Å². The van der Waals surface area contributed by atoms with Gasteiger partial charge in [-0.1, -0.05) is 13.8 Å². The molecule has 0 radical (unpaired) electrons. The highest BCUT2D eigenvalue weighted by Crippen LogP contribution is 2.41. The fourth-order valence-corrected chi connectivity index (χ4v) is 3.13. The molecule has 2 aromatic rings. The van der Waals surface area contributed by atoms with Crippen LogP contribution in [0.3, 0.4) is 0 Å². The maximum absolute atomic E-state index is 6.23. The highest BCUT2D eigenvalue weighted by Gasteiger charge is 2.20. The minimum atomic E-state index is 0.193. The van der Waals surface area contributed by atoms with E-state index in [0.29, 0.717) is 28.8 Å². The summed E-state index contributed by atoms with van der Waals surface area (Å²) in [6.07, 6.45) is 3.39. The number of rotatable bonds is 7. The zero-order chi connectivity index (χ0) is 20.1. The highest BCUT2D eigenvalue weighted by atomic mass is 16.5. The zero-order valence-electron chi connectivity index (χ0n) is 16.8. The topological polar surface area (TPSA) is 101 Å². The zero-order valence-corrected chi connectivity index (χ0v) is 16.8. The first-order chi connectivity index (χ1) is 13.5. The molecule has 152 valence electrons. The van der Waals surface area contributed by atoms with Crippen molar-refractivity contribution in [2.24, 2.45) is 0 Å². The van der Waals surface area contributed by atoms with Crippen LogP contribution in [0.1, 0.15) is 38.2 Å². The molecule has 3 rings (SSSR count). The van der Waals surface area contributed by atoms with E-state index in [0.717, 1.165) is 31.6 Å². The smallest absolute Gasteiger partial charge is 0.222 e. The van der Waals surface area contributed by atoms with Crippen molar-refractivity contribution in [1.82, 2.24) is 9.97 Å². The summed E-state index contributed by atoms with van der Waals surface area (Å²) < 4.78 is 22.5. The molecule has 0 amide bonds. The molecule has 8 nitrogen and oxygen atoms in total. The lowest BCUT2D eigenvalue weighted by molar-refractivity contribution is 0.0903. The molecule has 0 saturated carbocycles. The second kappa shape index (κ2) is 8.97. The number of hydrogen-bond acceptors (Lipinski definition) is 8. The first kappa shape index (κ1) is 20.0. The molecule has 1 aliphatic heterocycles. The van der Waals surface area contributed by atoms with Crippen LogP contribution >= 0.6 is 0 Å². The summed E-state index contributed by atoms with van der Waals surface area (Å²) >= 11 is 0. The minimum absolute atomic E-state index is 0.193. The van der Waals surface area contributed by atoms with Crippen molar-refractivity contribution in [3.63, 3.8) is 0 Å². The highest BCUT2D eigenvalue weighted by molar-refractivity contribution is 5.57. The first-order valence-corrected chi connectivity index (χ1v) is 9.42. The van der Waals surface area contributed by atoms with Crippen LogP contribution in [0.2, 0.25) is 0 Å². The molecular formula is C20H28N4O4. The number of ether oxygens (including phenoxy) is 4. The lowest BCUT2D eigenvalue weighted by atomic mass is 10.0. The van der Waals surface area contributed by atoms with E-state index in [2.05, 4.69) is 29.1 Å². The Hall–Kier alpha value is -2.74. The van der Waals surface area contributed by atoms with Crippen LogP contribution in [0.15, 0.2) is 18.3 Å². The number of nitrogens with zero attached hydrogens (tertiary/aromatic N) is 2.